The predicted molar refractivity (Wildman–Crippen MR) is 187 cm³/mol. The molecule has 2 unspecified atom stereocenters. The summed E-state index contributed by atoms with van der Waals surface area (Å²) < 4.78 is 0. The maximum absolute atomic E-state index is 2.81. The van der Waals surface area contributed by atoms with Gasteiger partial charge in [0, 0.05) is 12.1 Å². The van der Waals surface area contributed by atoms with Crippen molar-refractivity contribution in [3.05, 3.63) is 0 Å². The summed E-state index contributed by atoms with van der Waals surface area (Å²) in [5, 5.41) is 0. The Bertz CT molecular complexity index is 494. The molecular formula is C39H80N2. The second-order valence-corrected chi connectivity index (χ2v) is 14.0. The first-order valence-corrected chi connectivity index (χ1v) is 19.7. The van der Waals surface area contributed by atoms with Crippen LogP contribution in [0.1, 0.15) is 214 Å². The van der Waals surface area contributed by atoms with Crippen molar-refractivity contribution in [1.82, 2.24) is 9.80 Å². The van der Waals surface area contributed by atoms with E-state index in [-0.39, 0.29) is 0 Å². The molecule has 2 fully saturated rings. The highest BCUT2D eigenvalue weighted by Gasteiger charge is 2.22. The van der Waals surface area contributed by atoms with Gasteiger partial charge in [0.1, 0.15) is 0 Å². The van der Waals surface area contributed by atoms with Crippen molar-refractivity contribution in [1.29, 1.82) is 0 Å². The Morgan fingerprint density at radius 2 is 0.537 bits per heavy atom. The minimum absolute atomic E-state index is 0.917. The summed E-state index contributed by atoms with van der Waals surface area (Å²) in [4.78, 5) is 5.61. The van der Waals surface area contributed by atoms with Crippen LogP contribution >= 0.6 is 0 Å². The highest BCUT2D eigenvalue weighted by atomic mass is 15.2. The molecule has 0 radical (unpaired) electrons. The molecule has 2 aliphatic rings. The Kier molecular flexibility index (Phi) is 28.5. The molecule has 0 N–H and O–H groups in total. The highest BCUT2D eigenvalue weighted by Crippen LogP contribution is 2.23. The molecule has 2 heteroatoms. The van der Waals surface area contributed by atoms with Crippen LogP contribution in [0.5, 0.6) is 0 Å². The molecule has 0 aromatic rings. The van der Waals surface area contributed by atoms with Gasteiger partial charge in [-0.3, -0.25) is 0 Å². The first-order valence-electron chi connectivity index (χ1n) is 19.7. The predicted octanol–water partition coefficient (Wildman–Crippen LogP) is 12.7. The van der Waals surface area contributed by atoms with E-state index in [1.165, 1.54) is 212 Å². The van der Waals surface area contributed by atoms with Crippen LogP contribution < -0.4 is 0 Å². The van der Waals surface area contributed by atoms with Crippen LogP contribution in [0.3, 0.4) is 0 Å². The molecule has 41 heavy (non-hydrogen) atoms. The molecule has 2 aliphatic heterocycles. The Morgan fingerprint density at radius 3 is 0.805 bits per heavy atom. The Labute approximate surface area is 261 Å². The van der Waals surface area contributed by atoms with Crippen molar-refractivity contribution in [2.75, 3.05) is 26.2 Å². The first kappa shape index (κ1) is 38.9. The van der Waals surface area contributed by atoms with E-state index < -0.39 is 0 Å². The van der Waals surface area contributed by atoms with Crippen molar-refractivity contribution in [2.24, 2.45) is 0 Å². The van der Waals surface area contributed by atoms with E-state index in [0.29, 0.717) is 0 Å². The van der Waals surface area contributed by atoms with Gasteiger partial charge in [-0.05, 0) is 77.5 Å². The van der Waals surface area contributed by atoms with Gasteiger partial charge in [-0.15, -0.1) is 0 Å². The van der Waals surface area contributed by atoms with Crippen molar-refractivity contribution < 1.29 is 0 Å². The maximum atomic E-state index is 2.81. The Morgan fingerprint density at radius 1 is 0.317 bits per heavy atom. The van der Waals surface area contributed by atoms with Gasteiger partial charge in [0.15, 0.2) is 0 Å². The number of nitrogens with zero attached hydrogens (tertiary/aromatic N) is 2. The molecule has 0 bridgehead atoms. The van der Waals surface area contributed by atoms with Gasteiger partial charge in [-0.1, -0.05) is 163 Å². The number of rotatable bonds is 27. The standard InChI is InChI=1S/C20H41N.C19H39N/c1-3-5-7-9-10-11-13-17-20(16-12-8-6-4-2)21-18-14-15-19-21;1-3-5-7-9-10-12-16-19(15-11-8-6-4-2)20-17-13-14-18-20/h20H,3-19H2,1-2H3;19H,3-18H2,1-2H3. The van der Waals surface area contributed by atoms with E-state index >= 15 is 0 Å². The molecule has 2 saturated heterocycles. The third kappa shape index (κ3) is 22.1. The SMILES string of the molecule is CCCCCCCCC(CCCCCC)N1CCCC1.CCCCCCCCCC(CCCCCC)N1CCCC1. The fourth-order valence-electron chi connectivity index (χ4n) is 7.34. The summed E-state index contributed by atoms with van der Waals surface area (Å²) in [7, 11) is 0. The minimum Gasteiger partial charge on any atom is -0.300 e. The minimum atomic E-state index is 0.917. The summed E-state index contributed by atoms with van der Waals surface area (Å²) in [6, 6.07) is 1.83. The number of hydrogen-bond donors (Lipinski definition) is 0. The van der Waals surface area contributed by atoms with E-state index in [1.54, 1.807) is 0 Å². The van der Waals surface area contributed by atoms with Gasteiger partial charge in [0.05, 0.1) is 0 Å². The van der Waals surface area contributed by atoms with Crippen LogP contribution in [-0.4, -0.2) is 48.1 Å². The molecular weight excluding hydrogens is 496 g/mol. The van der Waals surface area contributed by atoms with Crippen LogP contribution in [0.25, 0.3) is 0 Å². The summed E-state index contributed by atoms with van der Waals surface area (Å²) in [5.74, 6) is 0. The summed E-state index contributed by atoms with van der Waals surface area (Å²) in [6.07, 6.45) is 41.9. The summed E-state index contributed by atoms with van der Waals surface area (Å²) >= 11 is 0. The lowest BCUT2D eigenvalue weighted by Gasteiger charge is -2.27. The third-order valence-corrected chi connectivity index (χ3v) is 10.1. The van der Waals surface area contributed by atoms with E-state index in [9.17, 15) is 0 Å². The zero-order chi connectivity index (χ0) is 29.6. The first-order chi connectivity index (χ1) is 20.3. The molecule has 2 atom stereocenters. The lowest BCUT2D eigenvalue weighted by atomic mass is 9.99. The molecule has 0 amide bonds. The van der Waals surface area contributed by atoms with Crippen molar-refractivity contribution in [3.63, 3.8) is 0 Å². The normalized spacial score (nSPS) is 17.6. The molecule has 2 nitrogen and oxygen atoms in total. The number of unbranched alkanes of at least 4 members (excludes halogenated alkanes) is 17. The number of likely N-dealkylation sites (tertiary alicyclic amines) is 2. The van der Waals surface area contributed by atoms with E-state index in [2.05, 4.69) is 37.5 Å². The average Bonchev–Trinajstić information content (AvgIpc) is 3.72. The van der Waals surface area contributed by atoms with Crippen molar-refractivity contribution in [3.8, 4) is 0 Å². The summed E-state index contributed by atoms with van der Waals surface area (Å²) in [6.45, 7) is 14.8. The van der Waals surface area contributed by atoms with Crippen LogP contribution in [-0.2, 0) is 0 Å². The van der Waals surface area contributed by atoms with Gasteiger partial charge >= 0.3 is 0 Å². The molecule has 0 spiro atoms. The fraction of sp³-hybridized carbons (Fsp3) is 1.00. The second kappa shape index (κ2) is 30.0. The van der Waals surface area contributed by atoms with Gasteiger partial charge in [-0.25, -0.2) is 0 Å². The lowest BCUT2D eigenvalue weighted by molar-refractivity contribution is 0.209. The molecule has 0 aliphatic carbocycles. The Hall–Kier alpha value is -0.0800. The molecule has 246 valence electrons. The molecule has 0 aromatic heterocycles. The summed E-state index contributed by atoms with van der Waals surface area (Å²) in [5.41, 5.74) is 0. The molecule has 0 saturated carbocycles. The number of hydrogen-bond acceptors (Lipinski definition) is 2. The van der Waals surface area contributed by atoms with Crippen molar-refractivity contribution in [2.45, 2.75) is 226 Å². The van der Waals surface area contributed by atoms with Crippen molar-refractivity contribution >= 4 is 0 Å². The largest absolute Gasteiger partial charge is 0.300 e. The Balaban J connectivity index is 0.000000410. The van der Waals surface area contributed by atoms with Gasteiger partial charge < -0.3 is 9.80 Å². The zero-order valence-corrected chi connectivity index (χ0v) is 29.4. The lowest BCUT2D eigenvalue weighted by Crippen LogP contribution is -2.32. The maximum Gasteiger partial charge on any atom is 0.00952 e. The molecule has 0 aromatic carbocycles. The monoisotopic (exact) mass is 577 g/mol. The second-order valence-electron chi connectivity index (χ2n) is 14.0. The van der Waals surface area contributed by atoms with Crippen LogP contribution in [0.4, 0.5) is 0 Å². The molecule has 2 rings (SSSR count). The highest BCUT2D eigenvalue weighted by molar-refractivity contribution is 4.77. The van der Waals surface area contributed by atoms with Gasteiger partial charge in [0.25, 0.3) is 0 Å². The molecule has 2 heterocycles. The van der Waals surface area contributed by atoms with E-state index in [4.69, 9.17) is 0 Å². The van der Waals surface area contributed by atoms with E-state index in [1.807, 2.05) is 0 Å². The smallest absolute Gasteiger partial charge is 0.00952 e. The van der Waals surface area contributed by atoms with Crippen LogP contribution in [0, 0.1) is 0 Å². The van der Waals surface area contributed by atoms with Gasteiger partial charge in [0.2, 0.25) is 0 Å². The third-order valence-electron chi connectivity index (χ3n) is 10.1. The average molecular weight is 577 g/mol. The quantitative estimate of drug-likeness (QED) is 0.0897. The zero-order valence-electron chi connectivity index (χ0n) is 29.4. The fourth-order valence-corrected chi connectivity index (χ4v) is 7.34. The topological polar surface area (TPSA) is 6.48 Å². The van der Waals surface area contributed by atoms with Crippen LogP contribution in [0.2, 0.25) is 0 Å². The van der Waals surface area contributed by atoms with Crippen LogP contribution in [0.15, 0.2) is 0 Å². The van der Waals surface area contributed by atoms with Gasteiger partial charge in [-0.2, -0.15) is 0 Å². The van der Waals surface area contributed by atoms with E-state index in [0.717, 1.165) is 12.1 Å².